The largest absolute Gasteiger partial charge is 0.337 e. The molecular weight excluding hydrogens is 224 g/mol. The lowest BCUT2D eigenvalue weighted by molar-refractivity contribution is 0.240. The number of benzene rings is 1. The van der Waals surface area contributed by atoms with Crippen molar-refractivity contribution in [2.45, 2.75) is 6.92 Å². The molecule has 0 aliphatic rings. The SMILES string of the molecule is CCNC(=O)NNC(=S)Nc1ccccc1. The van der Waals surface area contributed by atoms with Crippen molar-refractivity contribution in [2.75, 3.05) is 11.9 Å². The number of hydrogen-bond donors (Lipinski definition) is 4. The molecule has 0 spiro atoms. The molecule has 5 nitrogen and oxygen atoms in total. The minimum Gasteiger partial charge on any atom is -0.337 e. The molecule has 4 N–H and O–H groups in total. The maximum absolute atomic E-state index is 11.0. The second-order valence-electron chi connectivity index (χ2n) is 2.93. The third-order valence-corrected chi connectivity index (χ3v) is 1.86. The number of nitrogens with one attached hydrogen (secondary N) is 4. The van der Waals surface area contributed by atoms with E-state index in [4.69, 9.17) is 12.2 Å². The van der Waals surface area contributed by atoms with E-state index in [2.05, 4.69) is 21.5 Å². The van der Waals surface area contributed by atoms with Gasteiger partial charge >= 0.3 is 6.03 Å². The summed E-state index contributed by atoms with van der Waals surface area (Å²) in [6.07, 6.45) is 0. The summed E-state index contributed by atoms with van der Waals surface area (Å²) in [7, 11) is 0. The molecule has 0 unspecified atom stereocenters. The summed E-state index contributed by atoms with van der Waals surface area (Å²) in [6, 6.07) is 9.12. The van der Waals surface area contributed by atoms with Gasteiger partial charge in [0.15, 0.2) is 5.11 Å². The first-order valence-corrected chi connectivity index (χ1v) is 5.29. The standard InChI is InChI=1S/C10H14N4OS/c1-2-11-9(15)13-14-10(16)12-8-6-4-3-5-7-8/h3-7H,2H2,1H3,(H2,11,13,15)(H2,12,14,16). The van der Waals surface area contributed by atoms with E-state index in [-0.39, 0.29) is 6.03 Å². The molecule has 1 aromatic carbocycles. The molecule has 1 aromatic rings. The zero-order valence-corrected chi connectivity index (χ0v) is 9.73. The van der Waals surface area contributed by atoms with Crippen LogP contribution in [0.25, 0.3) is 0 Å². The van der Waals surface area contributed by atoms with E-state index in [1.165, 1.54) is 0 Å². The molecule has 0 saturated carbocycles. The molecule has 86 valence electrons. The van der Waals surface area contributed by atoms with Crippen LogP contribution in [0, 0.1) is 0 Å². The van der Waals surface area contributed by atoms with Gasteiger partial charge in [-0.15, -0.1) is 0 Å². The Hall–Kier alpha value is -1.82. The highest BCUT2D eigenvalue weighted by Gasteiger charge is 1.99. The van der Waals surface area contributed by atoms with Crippen LogP contribution in [-0.4, -0.2) is 17.7 Å². The van der Waals surface area contributed by atoms with Crippen LogP contribution in [-0.2, 0) is 0 Å². The van der Waals surface area contributed by atoms with Gasteiger partial charge in [-0.3, -0.25) is 5.43 Å². The lowest BCUT2D eigenvalue weighted by Crippen LogP contribution is -2.48. The summed E-state index contributed by atoms with van der Waals surface area (Å²) < 4.78 is 0. The van der Waals surface area contributed by atoms with Crippen molar-refractivity contribution in [1.82, 2.24) is 16.2 Å². The van der Waals surface area contributed by atoms with Gasteiger partial charge in [0, 0.05) is 12.2 Å². The quantitative estimate of drug-likeness (QED) is 0.462. The van der Waals surface area contributed by atoms with Gasteiger partial charge in [-0.2, -0.15) is 0 Å². The van der Waals surface area contributed by atoms with Crippen LogP contribution < -0.4 is 21.5 Å². The van der Waals surface area contributed by atoms with E-state index in [1.807, 2.05) is 37.3 Å². The highest BCUT2D eigenvalue weighted by molar-refractivity contribution is 7.80. The number of thiocarbonyl (C=S) groups is 1. The second-order valence-corrected chi connectivity index (χ2v) is 3.34. The van der Waals surface area contributed by atoms with E-state index in [1.54, 1.807) is 0 Å². The second kappa shape index (κ2) is 6.62. The Balaban J connectivity index is 2.29. The Kier molecular flexibility index (Phi) is 5.07. The lowest BCUT2D eigenvalue weighted by Gasteiger charge is -2.11. The number of hydrogen-bond acceptors (Lipinski definition) is 2. The first-order chi connectivity index (χ1) is 7.72. The third-order valence-electron chi connectivity index (χ3n) is 1.66. The topological polar surface area (TPSA) is 65.2 Å². The van der Waals surface area contributed by atoms with Crippen LogP contribution in [0.1, 0.15) is 6.92 Å². The van der Waals surface area contributed by atoms with Crippen LogP contribution in [0.15, 0.2) is 30.3 Å². The molecule has 0 aliphatic carbocycles. The van der Waals surface area contributed by atoms with Gasteiger partial charge in [0.1, 0.15) is 0 Å². The predicted molar refractivity (Wildman–Crippen MR) is 68.0 cm³/mol. The molecule has 0 aromatic heterocycles. The van der Waals surface area contributed by atoms with Gasteiger partial charge in [0.25, 0.3) is 0 Å². The summed E-state index contributed by atoms with van der Waals surface area (Å²) in [5.41, 5.74) is 5.83. The smallest absolute Gasteiger partial charge is 0.333 e. The van der Waals surface area contributed by atoms with Gasteiger partial charge in [0.05, 0.1) is 0 Å². The molecule has 6 heteroatoms. The van der Waals surface area contributed by atoms with Crippen molar-refractivity contribution >= 4 is 29.0 Å². The molecule has 0 radical (unpaired) electrons. The molecule has 0 atom stereocenters. The molecule has 1 rings (SSSR count). The summed E-state index contributed by atoms with van der Waals surface area (Å²) in [4.78, 5) is 11.0. The van der Waals surface area contributed by atoms with Crippen molar-refractivity contribution in [3.05, 3.63) is 30.3 Å². The number of urea groups is 1. The molecule has 0 heterocycles. The lowest BCUT2D eigenvalue weighted by atomic mass is 10.3. The normalized spacial score (nSPS) is 9.06. The van der Waals surface area contributed by atoms with E-state index in [9.17, 15) is 4.79 Å². The van der Waals surface area contributed by atoms with Crippen molar-refractivity contribution < 1.29 is 4.79 Å². The third kappa shape index (κ3) is 4.61. The minimum absolute atomic E-state index is 0.320. The number of para-hydroxylation sites is 1. The maximum atomic E-state index is 11.0. The summed E-state index contributed by atoms with van der Waals surface area (Å²) >= 11 is 4.97. The molecule has 0 fully saturated rings. The molecule has 16 heavy (non-hydrogen) atoms. The summed E-state index contributed by atoms with van der Waals surface area (Å²) in [5.74, 6) is 0. The molecule has 0 bridgehead atoms. The Morgan fingerprint density at radius 1 is 1.25 bits per heavy atom. The van der Waals surface area contributed by atoms with Gasteiger partial charge in [-0.25, -0.2) is 10.2 Å². The van der Waals surface area contributed by atoms with Crippen LogP contribution in [0.4, 0.5) is 10.5 Å². The molecule has 0 aliphatic heterocycles. The molecule has 2 amide bonds. The van der Waals surface area contributed by atoms with Crippen molar-refractivity contribution in [3.8, 4) is 0 Å². The van der Waals surface area contributed by atoms with E-state index in [0.29, 0.717) is 11.7 Å². The zero-order valence-electron chi connectivity index (χ0n) is 8.91. The number of carbonyl (C=O) groups is 1. The number of anilines is 1. The summed E-state index contributed by atoms with van der Waals surface area (Å²) in [5, 5.41) is 5.81. The van der Waals surface area contributed by atoms with Crippen LogP contribution in [0.2, 0.25) is 0 Å². The Morgan fingerprint density at radius 3 is 2.56 bits per heavy atom. The Morgan fingerprint density at radius 2 is 1.94 bits per heavy atom. The number of amides is 2. The highest BCUT2D eigenvalue weighted by Crippen LogP contribution is 2.03. The van der Waals surface area contributed by atoms with E-state index < -0.39 is 0 Å². The van der Waals surface area contributed by atoms with Gasteiger partial charge in [-0.1, -0.05) is 18.2 Å². The van der Waals surface area contributed by atoms with Crippen molar-refractivity contribution in [3.63, 3.8) is 0 Å². The number of rotatable bonds is 2. The highest BCUT2D eigenvalue weighted by atomic mass is 32.1. The monoisotopic (exact) mass is 238 g/mol. The van der Waals surface area contributed by atoms with Gasteiger partial charge in [0.2, 0.25) is 0 Å². The zero-order chi connectivity index (χ0) is 11.8. The number of carbonyl (C=O) groups excluding carboxylic acids is 1. The van der Waals surface area contributed by atoms with Crippen LogP contribution >= 0.6 is 12.2 Å². The Bertz CT molecular complexity index is 355. The van der Waals surface area contributed by atoms with E-state index >= 15 is 0 Å². The van der Waals surface area contributed by atoms with Crippen LogP contribution in [0.3, 0.4) is 0 Å². The van der Waals surface area contributed by atoms with Crippen molar-refractivity contribution in [1.29, 1.82) is 0 Å². The fourth-order valence-electron chi connectivity index (χ4n) is 1.00. The van der Waals surface area contributed by atoms with Gasteiger partial charge < -0.3 is 10.6 Å². The minimum atomic E-state index is -0.320. The number of hydrazine groups is 1. The first kappa shape index (κ1) is 12.3. The molecular formula is C10H14N4OS. The van der Waals surface area contributed by atoms with Crippen molar-refractivity contribution in [2.24, 2.45) is 0 Å². The van der Waals surface area contributed by atoms with Gasteiger partial charge in [-0.05, 0) is 31.3 Å². The first-order valence-electron chi connectivity index (χ1n) is 4.88. The maximum Gasteiger partial charge on any atom is 0.333 e. The predicted octanol–water partition coefficient (Wildman–Crippen LogP) is 1.21. The van der Waals surface area contributed by atoms with Crippen LogP contribution in [0.5, 0.6) is 0 Å². The summed E-state index contributed by atoms with van der Waals surface area (Å²) in [6.45, 7) is 2.40. The fraction of sp³-hybridized carbons (Fsp3) is 0.200. The Labute approximate surface area is 99.6 Å². The van der Waals surface area contributed by atoms with E-state index in [0.717, 1.165) is 5.69 Å². The molecule has 0 saturated heterocycles. The fourth-order valence-corrected chi connectivity index (χ4v) is 1.17. The average molecular weight is 238 g/mol. The average Bonchev–Trinajstić information content (AvgIpc) is 2.28.